The van der Waals surface area contributed by atoms with Crippen LogP contribution in [0.5, 0.6) is 0 Å². The van der Waals surface area contributed by atoms with Crippen LogP contribution in [0.1, 0.15) is 26.3 Å². The maximum Gasteiger partial charge on any atom is 0.241 e. The third kappa shape index (κ3) is 3.60. The fraction of sp³-hybridized carbons (Fsp3) is 0.429. The first-order chi connectivity index (χ1) is 8.08. The van der Waals surface area contributed by atoms with Gasteiger partial charge in [-0.05, 0) is 30.0 Å². The van der Waals surface area contributed by atoms with Crippen LogP contribution >= 0.6 is 0 Å². The lowest BCUT2D eigenvalue weighted by Gasteiger charge is -2.13. The summed E-state index contributed by atoms with van der Waals surface area (Å²) >= 11 is 0. The van der Waals surface area contributed by atoms with Crippen molar-refractivity contribution in [2.75, 3.05) is 5.32 Å². The smallest absolute Gasteiger partial charge is 0.241 e. The molecule has 1 rings (SSSR count). The predicted molar refractivity (Wildman–Crippen MR) is 68.4 cm³/mol. The van der Waals surface area contributed by atoms with Gasteiger partial charge in [-0.15, -0.1) is 0 Å². The number of amides is 1. The van der Waals surface area contributed by atoms with Gasteiger partial charge in [0.25, 0.3) is 0 Å². The molecule has 3 heteroatoms. The average molecular weight is 230 g/mol. The molecular weight excluding hydrogens is 212 g/mol. The zero-order valence-electron chi connectivity index (χ0n) is 10.5. The minimum atomic E-state index is -0.596. The molecule has 0 radical (unpaired) electrons. The first kappa shape index (κ1) is 13.2. The van der Waals surface area contributed by atoms with Gasteiger partial charge in [-0.25, -0.2) is 0 Å². The Balaban J connectivity index is 2.71. The molecule has 1 atom stereocenters. The molecule has 0 saturated carbocycles. The second kappa shape index (κ2) is 6.05. The number of nitrogens with zero attached hydrogens (tertiary/aromatic N) is 1. The highest BCUT2D eigenvalue weighted by Gasteiger charge is 2.21. The lowest BCUT2D eigenvalue weighted by Crippen LogP contribution is -2.25. The van der Waals surface area contributed by atoms with E-state index >= 15 is 0 Å². The number of nitrogens with one attached hydrogen (secondary N) is 1. The second-order valence-corrected chi connectivity index (χ2v) is 4.39. The van der Waals surface area contributed by atoms with Gasteiger partial charge in [0, 0.05) is 5.69 Å². The van der Waals surface area contributed by atoms with E-state index in [2.05, 4.69) is 12.2 Å². The van der Waals surface area contributed by atoms with Crippen molar-refractivity contribution in [2.24, 2.45) is 11.8 Å². The Bertz CT molecular complexity index is 415. The van der Waals surface area contributed by atoms with Gasteiger partial charge in [0.2, 0.25) is 5.91 Å². The van der Waals surface area contributed by atoms with Crippen LogP contribution in [0.3, 0.4) is 0 Å². The Morgan fingerprint density at radius 3 is 2.35 bits per heavy atom. The molecule has 0 bridgehead atoms. The minimum Gasteiger partial charge on any atom is -0.325 e. The van der Waals surface area contributed by atoms with E-state index in [1.807, 2.05) is 44.2 Å². The molecule has 0 aromatic heterocycles. The summed E-state index contributed by atoms with van der Waals surface area (Å²) in [6, 6.07) is 9.72. The summed E-state index contributed by atoms with van der Waals surface area (Å²) < 4.78 is 0. The number of carbonyl (C=O) groups is 1. The van der Waals surface area contributed by atoms with Crippen LogP contribution in [0.15, 0.2) is 24.3 Å². The molecule has 0 spiro atoms. The molecule has 3 nitrogen and oxygen atoms in total. The zero-order chi connectivity index (χ0) is 12.8. The van der Waals surface area contributed by atoms with Crippen molar-refractivity contribution in [1.82, 2.24) is 0 Å². The SMILES string of the molecule is CCc1ccc(NC(=O)C(C#N)C(C)C)cc1. The van der Waals surface area contributed by atoms with Gasteiger partial charge >= 0.3 is 0 Å². The molecule has 1 aromatic rings. The molecule has 0 aliphatic carbocycles. The van der Waals surface area contributed by atoms with Gasteiger partial charge in [-0.1, -0.05) is 32.9 Å². The van der Waals surface area contributed by atoms with E-state index in [1.165, 1.54) is 5.56 Å². The number of nitriles is 1. The highest BCUT2D eigenvalue weighted by molar-refractivity contribution is 5.94. The minimum absolute atomic E-state index is 0.0231. The van der Waals surface area contributed by atoms with Crippen LogP contribution in [0.25, 0.3) is 0 Å². The summed E-state index contributed by atoms with van der Waals surface area (Å²) in [6.07, 6.45) is 0.973. The Hall–Kier alpha value is -1.82. The summed E-state index contributed by atoms with van der Waals surface area (Å²) in [7, 11) is 0. The van der Waals surface area contributed by atoms with Crippen LogP contribution in [0.2, 0.25) is 0 Å². The Morgan fingerprint density at radius 1 is 1.35 bits per heavy atom. The van der Waals surface area contributed by atoms with E-state index in [0.717, 1.165) is 12.1 Å². The summed E-state index contributed by atoms with van der Waals surface area (Å²) in [4.78, 5) is 11.8. The van der Waals surface area contributed by atoms with E-state index in [0.29, 0.717) is 0 Å². The van der Waals surface area contributed by atoms with E-state index < -0.39 is 5.92 Å². The van der Waals surface area contributed by atoms with Gasteiger partial charge in [-0.3, -0.25) is 4.79 Å². The molecule has 0 saturated heterocycles. The van der Waals surface area contributed by atoms with Gasteiger partial charge in [0.15, 0.2) is 0 Å². The highest BCUT2D eigenvalue weighted by Crippen LogP contribution is 2.15. The molecule has 1 aromatic carbocycles. The van der Waals surface area contributed by atoms with Crippen LogP contribution in [-0.4, -0.2) is 5.91 Å². The van der Waals surface area contributed by atoms with Gasteiger partial charge in [-0.2, -0.15) is 5.26 Å². The molecule has 0 aliphatic heterocycles. The number of hydrogen-bond acceptors (Lipinski definition) is 2. The maximum atomic E-state index is 11.8. The summed E-state index contributed by atoms with van der Waals surface area (Å²) in [5, 5.41) is 11.7. The normalized spacial score (nSPS) is 11.9. The molecule has 1 N–H and O–H groups in total. The topological polar surface area (TPSA) is 52.9 Å². The van der Waals surface area contributed by atoms with Gasteiger partial charge < -0.3 is 5.32 Å². The van der Waals surface area contributed by atoms with Gasteiger partial charge in [0.05, 0.1) is 6.07 Å². The summed E-state index contributed by atoms with van der Waals surface area (Å²) in [5.41, 5.74) is 1.97. The molecule has 1 unspecified atom stereocenters. The largest absolute Gasteiger partial charge is 0.325 e. The zero-order valence-corrected chi connectivity index (χ0v) is 10.5. The Morgan fingerprint density at radius 2 is 1.94 bits per heavy atom. The number of carbonyl (C=O) groups excluding carboxylic acids is 1. The lowest BCUT2D eigenvalue weighted by molar-refractivity contribution is -0.119. The predicted octanol–water partition coefficient (Wildman–Crippen LogP) is 2.98. The standard InChI is InChI=1S/C14H18N2O/c1-4-11-5-7-12(8-6-11)16-14(17)13(9-15)10(2)3/h5-8,10,13H,4H2,1-3H3,(H,16,17). The molecule has 0 aliphatic rings. The Labute approximate surface area is 102 Å². The highest BCUT2D eigenvalue weighted by atomic mass is 16.1. The molecule has 90 valence electrons. The van der Waals surface area contributed by atoms with Crippen molar-refractivity contribution in [2.45, 2.75) is 27.2 Å². The second-order valence-electron chi connectivity index (χ2n) is 4.39. The van der Waals surface area contributed by atoms with E-state index in [4.69, 9.17) is 5.26 Å². The molecule has 1 amide bonds. The van der Waals surface area contributed by atoms with Crippen LogP contribution < -0.4 is 5.32 Å². The first-order valence-electron chi connectivity index (χ1n) is 5.88. The Kier molecular flexibility index (Phi) is 4.71. The number of anilines is 1. The maximum absolute atomic E-state index is 11.8. The summed E-state index contributed by atoms with van der Waals surface area (Å²) in [6.45, 7) is 5.82. The first-order valence-corrected chi connectivity index (χ1v) is 5.88. The quantitative estimate of drug-likeness (QED) is 0.864. The molecule has 0 fully saturated rings. The van der Waals surface area contributed by atoms with Crippen molar-refractivity contribution < 1.29 is 4.79 Å². The van der Waals surface area contributed by atoms with Crippen LogP contribution in [-0.2, 0) is 11.2 Å². The van der Waals surface area contributed by atoms with E-state index in [1.54, 1.807) is 0 Å². The van der Waals surface area contributed by atoms with Crippen LogP contribution in [0.4, 0.5) is 5.69 Å². The fourth-order valence-electron chi connectivity index (χ4n) is 1.55. The van der Waals surface area contributed by atoms with E-state index in [-0.39, 0.29) is 11.8 Å². The number of hydrogen-bond donors (Lipinski definition) is 1. The molecular formula is C14H18N2O. The van der Waals surface area contributed by atoms with Crippen molar-refractivity contribution >= 4 is 11.6 Å². The van der Waals surface area contributed by atoms with Crippen LogP contribution in [0, 0.1) is 23.2 Å². The van der Waals surface area contributed by atoms with Crippen molar-refractivity contribution in [3.05, 3.63) is 29.8 Å². The third-order valence-corrected chi connectivity index (χ3v) is 2.72. The summed E-state index contributed by atoms with van der Waals surface area (Å²) in [5.74, 6) is -0.803. The number of rotatable bonds is 4. The lowest BCUT2D eigenvalue weighted by atomic mass is 9.96. The van der Waals surface area contributed by atoms with Crippen molar-refractivity contribution in [3.8, 4) is 6.07 Å². The third-order valence-electron chi connectivity index (χ3n) is 2.72. The number of benzene rings is 1. The monoisotopic (exact) mass is 230 g/mol. The van der Waals surface area contributed by atoms with Crippen molar-refractivity contribution in [3.63, 3.8) is 0 Å². The van der Waals surface area contributed by atoms with E-state index in [9.17, 15) is 4.79 Å². The van der Waals surface area contributed by atoms with Gasteiger partial charge in [0.1, 0.15) is 5.92 Å². The molecule has 17 heavy (non-hydrogen) atoms. The number of aryl methyl sites for hydroxylation is 1. The average Bonchev–Trinajstić information content (AvgIpc) is 2.30. The molecule has 0 heterocycles. The van der Waals surface area contributed by atoms with Crippen molar-refractivity contribution in [1.29, 1.82) is 5.26 Å². The fourth-order valence-corrected chi connectivity index (χ4v) is 1.55.